The second-order valence-electron chi connectivity index (χ2n) is 9.94. The van der Waals surface area contributed by atoms with Crippen molar-refractivity contribution in [1.29, 1.82) is 0 Å². The van der Waals surface area contributed by atoms with Crippen molar-refractivity contribution in [2.45, 2.75) is 52.7 Å². The van der Waals surface area contributed by atoms with E-state index in [-0.39, 0.29) is 30.1 Å². The Morgan fingerprint density at radius 3 is 2.39 bits per heavy atom. The Bertz CT molecular complexity index is 1220. The molecule has 1 heterocycles. The lowest BCUT2D eigenvalue weighted by molar-refractivity contribution is -0.140. The second-order valence-corrected chi connectivity index (χ2v) is 9.94. The van der Waals surface area contributed by atoms with Crippen LogP contribution < -0.4 is 5.73 Å². The van der Waals surface area contributed by atoms with E-state index in [1.54, 1.807) is 11.1 Å². The first kappa shape index (κ1) is 27.0. The average molecular weight is 499 g/mol. The molecule has 0 fully saturated rings. The number of carbonyl (C=O) groups is 2. The maximum Gasteiger partial charge on any atom is 0.320 e. The van der Waals surface area contributed by atoms with Gasteiger partial charge in [0.2, 0.25) is 5.91 Å². The number of amides is 1. The molecule has 192 valence electrons. The van der Waals surface area contributed by atoms with Crippen LogP contribution in [0.5, 0.6) is 0 Å². The number of aromatic nitrogens is 2. The molecule has 9 heteroatoms. The lowest BCUT2D eigenvalue weighted by Crippen LogP contribution is -2.44. The molecule has 0 aliphatic rings. The zero-order valence-corrected chi connectivity index (χ0v) is 20.9. The third kappa shape index (κ3) is 6.34. The van der Waals surface area contributed by atoms with E-state index in [0.29, 0.717) is 12.4 Å². The monoisotopic (exact) mass is 498 g/mol. The van der Waals surface area contributed by atoms with Gasteiger partial charge in [-0.3, -0.25) is 9.59 Å². The number of nitrogens with zero attached hydrogens (tertiary/aromatic N) is 3. The molecule has 1 aromatic heterocycles. The molecular weight excluding hydrogens is 466 g/mol. The summed E-state index contributed by atoms with van der Waals surface area (Å²) in [7, 11) is 0. The highest BCUT2D eigenvalue weighted by Crippen LogP contribution is 2.39. The Morgan fingerprint density at radius 2 is 1.81 bits per heavy atom. The smallest absolute Gasteiger partial charge is 0.320 e. The zero-order chi connectivity index (χ0) is 26.6. The number of rotatable bonds is 9. The minimum atomic E-state index is -1.15. The molecule has 0 saturated carbocycles. The van der Waals surface area contributed by atoms with E-state index in [0.717, 1.165) is 23.8 Å². The first-order valence-electron chi connectivity index (χ1n) is 11.7. The van der Waals surface area contributed by atoms with Crippen LogP contribution in [0.3, 0.4) is 0 Å². The van der Waals surface area contributed by atoms with E-state index in [9.17, 15) is 23.5 Å². The lowest BCUT2D eigenvalue weighted by atomic mass is 9.84. The molecule has 0 aliphatic heterocycles. The fourth-order valence-corrected chi connectivity index (χ4v) is 4.24. The van der Waals surface area contributed by atoms with Crippen molar-refractivity contribution in [3.05, 3.63) is 77.8 Å². The van der Waals surface area contributed by atoms with Crippen LogP contribution in [0.1, 0.15) is 51.5 Å². The zero-order valence-electron chi connectivity index (χ0n) is 20.9. The fourth-order valence-electron chi connectivity index (χ4n) is 4.24. The number of imidazole rings is 1. The summed E-state index contributed by atoms with van der Waals surface area (Å²) in [6.07, 6.45) is 1.70. The number of carboxylic acids is 1. The second kappa shape index (κ2) is 11.0. The normalized spacial score (nSPS) is 13.3. The SMILES string of the molecule is CC(=O)N(CCC(N)C(=O)O)C(c1nc(-c2cc(F)ccc2F)cn1Cc1ccccc1)C(C)(C)C. The maximum atomic E-state index is 14.7. The molecule has 36 heavy (non-hydrogen) atoms. The number of hydrogen-bond acceptors (Lipinski definition) is 4. The number of nitrogens with two attached hydrogens (primary N) is 1. The number of halogens is 2. The van der Waals surface area contributed by atoms with Crippen LogP contribution >= 0.6 is 0 Å². The molecule has 3 rings (SSSR count). The van der Waals surface area contributed by atoms with Gasteiger partial charge in [0.15, 0.2) is 0 Å². The predicted octanol–water partition coefficient (Wildman–Crippen LogP) is 4.61. The summed E-state index contributed by atoms with van der Waals surface area (Å²) < 4.78 is 30.5. The summed E-state index contributed by atoms with van der Waals surface area (Å²) in [6.45, 7) is 7.69. The minimum absolute atomic E-state index is 0.0120. The summed E-state index contributed by atoms with van der Waals surface area (Å²) in [4.78, 5) is 30.4. The fraction of sp³-hybridized carbons (Fsp3) is 0.370. The Kier molecular flexibility index (Phi) is 8.24. The van der Waals surface area contributed by atoms with Gasteiger partial charge in [-0.2, -0.15) is 0 Å². The molecule has 1 amide bonds. The third-order valence-electron chi connectivity index (χ3n) is 5.99. The highest BCUT2D eigenvalue weighted by atomic mass is 19.1. The quantitative estimate of drug-likeness (QED) is 0.449. The Morgan fingerprint density at radius 1 is 1.14 bits per heavy atom. The van der Waals surface area contributed by atoms with E-state index >= 15 is 0 Å². The predicted molar refractivity (Wildman–Crippen MR) is 133 cm³/mol. The Hall–Kier alpha value is -3.59. The Labute approximate surface area is 209 Å². The largest absolute Gasteiger partial charge is 0.480 e. The van der Waals surface area contributed by atoms with Crippen molar-refractivity contribution >= 4 is 11.9 Å². The lowest BCUT2D eigenvalue weighted by Gasteiger charge is -2.39. The molecule has 2 aromatic carbocycles. The van der Waals surface area contributed by atoms with Gasteiger partial charge in [-0.15, -0.1) is 0 Å². The van der Waals surface area contributed by atoms with Gasteiger partial charge >= 0.3 is 5.97 Å². The van der Waals surface area contributed by atoms with E-state index in [4.69, 9.17) is 10.7 Å². The molecular formula is C27H32F2N4O3. The number of carbonyl (C=O) groups excluding carboxylic acids is 1. The van der Waals surface area contributed by atoms with Crippen LogP contribution in [0.4, 0.5) is 8.78 Å². The van der Waals surface area contributed by atoms with Crippen LogP contribution in [0.2, 0.25) is 0 Å². The van der Waals surface area contributed by atoms with E-state index in [1.165, 1.54) is 6.92 Å². The van der Waals surface area contributed by atoms with Gasteiger partial charge in [0.05, 0.1) is 11.7 Å². The van der Waals surface area contributed by atoms with E-state index < -0.39 is 35.1 Å². The van der Waals surface area contributed by atoms with Crippen LogP contribution in [-0.4, -0.2) is 44.0 Å². The molecule has 0 spiro atoms. The van der Waals surface area contributed by atoms with Gasteiger partial charge in [0.25, 0.3) is 0 Å². The summed E-state index contributed by atoms with van der Waals surface area (Å²) >= 11 is 0. The third-order valence-corrected chi connectivity index (χ3v) is 5.99. The van der Waals surface area contributed by atoms with Crippen molar-refractivity contribution in [2.75, 3.05) is 6.54 Å². The summed E-state index contributed by atoms with van der Waals surface area (Å²) in [5.74, 6) is -2.16. The van der Waals surface area contributed by atoms with Crippen molar-refractivity contribution in [3.63, 3.8) is 0 Å². The molecule has 2 unspecified atom stereocenters. The first-order chi connectivity index (χ1) is 16.9. The molecule has 0 bridgehead atoms. The highest BCUT2D eigenvalue weighted by molar-refractivity contribution is 5.75. The van der Waals surface area contributed by atoms with Gasteiger partial charge in [-0.05, 0) is 35.6 Å². The van der Waals surface area contributed by atoms with Crippen LogP contribution in [0, 0.1) is 17.0 Å². The van der Waals surface area contributed by atoms with Crippen molar-refractivity contribution < 1.29 is 23.5 Å². The van der Waals surface area contributed by atoms with Crippen LogP contribution in [-0.2, 0) is 16.1 Å². The standard InChI is InChI=1S/C27H32F2N4O3/c1-17(34)33(13-12-22(30)26(35)36)24(27(2,3)4)25-31-23(20-14-19(28)10-11-21(20)29)16-32(25)15-18-8-6-5-7-9-18/h5-11,14,16,22,24H,12-13,15,30H2,1-4H3,(H,35,36). The average Bonchev–Trinajstić information content (AvgIpc) is 3.19. The number of benzene rings is 2. The van der Waals surface area contributed by atoms with Crippen LogP contribution in [0.25, 0.3) is 11.3 Å². The summed E-state index contributed by atoms with van der Waals surface area (Å²) in [5.41, 5.74) is 6.38. The summed E-state index contributed by atoms with van der Waals surface area (Å²) in [6, 6.07) is 11.0. The van der Waals surface area contributed by atoms with Gasteiger partial charge in [0, 0.05) is 31.8 Å². The van der Waals surface area contributed by atoms with Gasteiger partial charge in [-0.1, -0.05) is 51.1 Å². The van der Waals surface area contributed by atoms with Gasteiger partial charge in [0.1, 0.15) is 23.5 Å². The molecule has 0 aliphatic carbocycles. The van der Waals surface area contributed by atoms with Gasteiger partial charge < -0.3 is 20.3 Å². The molecule has 7 nitrogen and oxygen atoms in total. The van der Waals surface area contributed by atoms with E-state index in [1.807, 2.05) is 55.7 Å². The van der Waals surface area contributed by atoms with E-state index in [2.05, 4.69) is 0 Å². The van der Waals surface area contributed by atoms with Crippen LogP contribution in [0.15, 0.2) is 54.7 Å². The number of carboxylic acid groups (broad SMARTS) is 1. The molecule has 3 aromatic rings. The topological polar surface area (TPSA) is 101 Å². The first-order valence-corrected chi connectivity index (χ1v) is 11.7. The number of hydrogen-bond donors (Lipinski definition) is 2. The highest BCUT2D eigenvalue weighted by Gasteiger charge is 2.37. The minimum Gasteiger partial charge on any atom is -0.480 e. The molecule has 0 saturated heterocycles. The van der Waals surface area contributed by atoms with Crippen molar-refractivity contribution in [1.82, 2.24) is 14.5 Å². The Balaban J connectivity index is 2.16. The van der Waals surface area contributed by atoms with Crippen molar-refractivity contribution in [2.24, 2.45) is 11.1 Å². The summed E-state index contributed by atoms with van der Waals surface area (Å²) in [5, 5.41) is 9.22. The van der Waals surface area contributed by atoms with Gasteiger partial charge in [-0.25, -0.2) is 13.8 Å². The van der Waals surface area contributed by atoms with Crippen molar-refractivity contribution in [3.8, 4) is 11.3 Å². The maximum absolute atomic E-state index is 14.7. The molecule has 3 N–H and O–H groups in total. The molecule has 2 atom stereocenters. The molecule has 0 radical (unpaired) electrons. The number of aliphatic carboxylic acids is 1.